The Kier molecular flexibility index (Phi) is 5.41. The Morgan fingerprint density at radius 2 is 2.14 bits per heavy atom. The molecule has 0 aromatic heterocycles. The highest BCUT2D eigenvalue weighted by Gasteiger charge is 2.30. The molecule has 118 valence electrons. The first-order valence-electron chi connectivity index (χ1n) is 7.70. The lowest BCUT2D eigenvalue weighted by molar-refractivity contribution is 0.263. The van der Waals surface area contributed by atoms with Crippen molar-refractivity contribution < 1.29 is 8.42 Å². The molecule has 2 rings (SSSR count). The van der Waals surface area contributed by atoms with Crippen molar-refractivity contribution in [3.05, 3.63) is 29.8 Å². The van der Waals surface area contributed by atoms with Gasteiger partial charge in [0.2, 0.25) is 10.0 Å². The summed E-state index contributed by atoms with van der Waals surface area (Å²) in [6.45, 7) is 6.28. The molecule has 1 fully saturated rings. The van der Waals surface area contributed by atoms with Crippen LogP contribution in [-0.4, -0.2) is 39.4 Å². The molecule has 0 radical (unpaired) electrons. The molecule has 1 saturated heterocycles. The van der Waals surface area contributed by atoms with Crippen molar-refractivity contribution in [3.63, 3.8) is 0 Å². The van der Waals surface area contributed by atoms with Gasteiger partial charge < -0.3 is 5.32 Å². The van der Waals surface area contributed by atoms with E-state index < -0.39 is 10.0 Å². The molecule has 1 N–H and O–H groups in total. The summed E-state index contributed by atoms with van der Waals surface area (Å²) in [5.41, 5.74) is 1.07. The van der Waals surface area contributed by atoms with E-state index in [1.165, 1.54) is 0 Å². The Balaban J connectivity index is 2.23. The van der Waals surface area contributed by atoms with Gasteiger partial charge in [0, 0.05) is 13.1 Å². The fourth-order valence-corrected chi connectivity index (χ4v) is 4.49. The number of nitrogens with zero attached hydrogens (tertiary/aromatic N) is 1. The van der Waals surface area contributed by atoms with E-state index in [-0.39, 0.29) is 0 Å². The fraction of sp³-hybridized carbons (Fsp3) is 0.625. The summed E-state index contributed by atoms with van der Waals surface area (Å²) in [7, 11) is -1.45. The summed E-state index contributed by atoms with van der Waals surface area (Å²) in [5.74, 6) is 0.741. The number of benzene rings is 1. The highest BCUT2D eigenvalue weighted by Crippen LogP contribution is 2.25. The molecule has 1 aromatic rings. The van der Waals surface area contributed by atoms with E-state index in [1.54, 1.807) is 10.4 Å². The zero-order chi connectivity index (χ0) is 15.5. The molecule has 0 aliphatic carbocycles. The van der Waals surface area contributed by atoms with E-state index in [9.17, 15) is 8.42 Å². The largest absolute Gasteiger partial charge is 0.319 e. The lowest BCUT2D eigenvalue weighted by Crippen LogP contribution is -2.42. The standard InChI is InChI=1S/C16H26N2O2S/c1-13(2)15-7-4-8-16(10-15)21(19,20)18-9-5-6-14(12-18)11-17-3/h4,7-8,10,13-14,17H,5-6,9,11-12H2,1-3H3. The van der Waals surface area contributed by atoms with E-state index in [0.29, 0.717) is 29.8 Å². The number of sulfonamides is 1. The zero-order valence-corrected chi connectivity index (χ0v) is 14.0. The van der Waals surface area contributed by atoms with Gasteiger partial charge in [0.05, 0.1) is 4.90 Å². The fourth-order valence-electron chi connectivity index (χ4n) is 2.88. The molecule has 1 unspecified atom stereocenters. The van der Waals surface area contributed by atoms with Gasteiger partial charge in [0.15, 0.2) is 0 Å². The predicted molar refractivity (Wildman–Crippen MR) is 85.9 cm³/mol. The second kappa shape index (κ2) is 6.90. The normalized spacial score (nSPS) is 20.9. The molecule has 0 bridgehead atoms. The SMILES string of the molecule is CNCC1CCCN(S(=O)(=O)c2cccc(C(C)C)c2)C1. The van der Waals surface area contributed by atoms with Crippen LogP contribution in [-0.2, 0) is 10.0 Å². The summed E-state index contributed by atoms with van der Waals surface area (Å²) in [4.78, 5) is 0.429. The van der Waals surface area contributed by atoms with Gasteiger partial charge >= 0.3 is 0 Å². The zero-order valence-electron chi connectivity index (χ0n) is 13.2. The van der Waals surface area contributed by atoms with Gasteiger partial charge in [-0.05, 0) is 56.0 Å². The molecule has 4 nitrogen and oxygen atoms in total. The van der Waals surface area contributed by atoms with Gasteiger partial charge in [-0.25, -0.2) is 8.42 Å². The lowest BCUT2D eigenvalue weighted by atomic mass is 10.00. The Morgan fingerprint density at radius 1 is 1.38 bits per heavy atom. The average molecular weight is 310 g/mol. The van der Waals surface area contributed by atoms with Crippen LogP contribution in [0.25, 0.3) is 0 Å². The minimum atomic E-state index is -3.36. The van der Waals surface area contributed by atoms with Crippen molar-refractivity contribution in [1.29, 1.82) is 0 Å². The van der Waals surface area contributed by atoms with Crippen molar-refractivity contribution in [3.8, 4) is 0 Å². The van der Waals surface area contributed by atoms with Gasteiger partial charge in [-0.1, -0.05) is 26.0 Å². The third-order valence-corrected chi connectivity index (χ3v) is 6.00. The minimum Gasteiger partial charge on any atom is -0.319 e. The van der Waals surface area contributed by atoms with Crippen LogP contribution in [0.3, 0.4) is 0 Å². The molecule has 0 spiro atoms. The maximum atomic E-state index is 12.8. The third kappa shape index (κ3) is 3.84. The van der Waals surface area contributed by atoms with E-state index in [4.69, 9.17) is 0 Å². The monoisotopic (exact) mass is 310 g/mol. The number of nitrogens with one attached hydrogen (secondary N) is 1. The minimum absolute atomic E-state index is 0.332. The summed E-state index contributed by atoms with van der Waals surface area (Å²) in [6, 6.07) is 7.37. The van der Waals surface area contributed by atoms with Crippen molar-refractivity contribution in [2.24, 2.45) is 5.92 Å². The molecule has 1 atom stereocenters. The highest BCUT2D eigenvalue weighted by molar-refractivity contribution is 7.89. The highest BCUT2D eigenvalue weighted by atomic mass is 32.2. The first-order chi connectivity index (χ1) is 9.95. The second-order valence-electron chi connectivity index (χ2n) is 6.16. The molecular weight excluding hydrogens is 284 g/mol. The summed E-state index contributed by atoms with van der Waals surface area (Å²) in [5, 5.41) is 3.15. The van der Waals surface area contributed by atoms with Crippen molar-refractivity contribution in [2.75, 3.05) is 26.7 Å². The van der Waals surface area contributed by atoms with Crippen LogP contribution in [0.4, 0.5) is 0 Å². The maximum Gasteiger partial charge on any atom is 0.243 e. The summed E-state index contributed by atoms with van der Waals surface area (Å²) in [6.07, 6.45) is 2.04. The van der Waals surface area contributed by atoms with E-state index >= 15 is 0 Å². The van der Waals surface area contributed by atoms with Crippen LogP contribution >= 0.6 is 0 Å². The van der Waals surface area contributed by atoms with Gasteiger partial charge in [-0.15, -0.1) is 0 Å². The topological polar surface area (TPSA) is 49.4 Å². The van der Waals surface area contributed by atoms with Gasteiger partial charge in [-0.2, -0.15) is 4.31 Å². The van der Waals surface area contributed by atoms with E-state index in [0.717, 1.165) is 24.9 Å². The molecule has 21 heavy (non-hydrogen) atoms. The number of piperidine rings is 1. The van der Waals surface area contributed by atoms with Crippen molar-refractivity contribution in [1.82, 2.24) is 9.62 Å². The smallest absolute Gasteiger partial charge is 0.243 e. The molecule has 1 aromatic carbocycles. The van der Waals surface area contributed by atoms with E-state index in [1.807, 2.05) is 25.2 Å². The van der Waals surface area contributed by atoms with Gasteiger partial charge in [0.25, 0.3) is 0 Å². The van der Waals surface area contributed by atoms with Crippen LogP contribution in [0.1, 0.15) is 38.2 Å². The van der Waals surface area contributed by atoms with Crippen LogP contribution < -0.4 is 5.32 Å². The van der Waals surface area contributed by atoms with E-state index in [2.05, 4.69) is 19.2 Å². The summed E-state index contributed by atoms with van der Waals surface area (Å²) < 4.78 is 27.3. The Morgan fingerprint density at radius 3 is 2.81 bits per heavy atom. The molecule has 5 heteroatoms. The number of rotatable bonds is 5. The van der Waals surface area contributed by atoms with Crippen LogP contribution in [0.2, 0.25) is 0 Å². The lowest BCUT2D eigenvalue weighted by Gasteiger charge is -2.32. The quantitative estimate of drug-likeness (QED) is 0.909. The average Bonchev–Trinajstić information content (AvgIpc) is 2.48. The first-order valence-corrected chi connectivity index (χ1v) is 9.14. The Hall–Kier alpha value is -0.910. The van der Waals surface area contributed by atoms with Crippen LogP contribution in [0, 0.1) is 5.92 Å². The molecule has 0 amide bonds. The molecule has 0 saturated carbocycles. The number of hydrogen-bond donors (Lipinski definition) is 1. The van der Waals surface area contributed by atoms with Gasteiger partial charge in [-0.3, -0.25) is 0 Å². The third-order valence-electron chi connectivity index (χ3n) is 4.14. The molecule has 1 heterocycles. The van der Waals surface area contributed by atoms with Gasteiger partial charge in [0.1, 0.15) is 0 Å². The number of hydrogen-bond acceptors (Lipinski definition) is 3. The Bertz CT molecular complexity index is 567. The summed E-state index contributed by atoms with van der Waals surface area (Å²) >= 11 is 0. The van der Waals surface area contributed by atoms with Crippen molar-refractivity contribution in [2.45, 2.75) is 37.5 Å². The molecule has 1 aliphatic heterocycles. The maximum absolute atomic E-state index is 12.8. The Labute approximate surface area is 128 Å². The first kappa shape index (κ1) is 16.5. The molecular formula is C16H26N2O2S. The predicted octanol–water partition coefficient (Wildman–Crippen LogP) is 2.43. The van der Waals surface area contributed by atoms with Crippen LogP contribution in [0.5, 0.6) is 0 Å². The second-order valence-corrected chi connectivity index (χ2v) is 8.09. The van der Waals surface area contributed by atoms with Crippen molar-refractivity contribution >= 4 is 10.0 Å². The molecule has 1 aliphatic rings. The van der Waals surface area contributed by atoms with Crippen LogP contribution in [0.15, 0.2) is 29.2 Å².